The zero-order valence-electron chi connectivity index (χ0n) is 12.2. The fraction of sp³-hybridized carbons (Fsp3) is 0.500. The van der Waals surface area contributed by atoms with Gasteiger partial charge in [0.1, 0.15) is 0 Å². The first-order valence-corrected chi connectivity index (χ1v) is 8.99. The van der Waals surface area contributed by atoms with Crippen molar-refractivity contribution in [1.29, 1.82) is 0 Å². The quantitative estimate of drug-likeness (QED) is 0.902. The molecular weight excluding hydrogens is 284 g/mol. The summed E-state index contributed by atoms with van der Waals surface area (Å²) in [6, 6.07) is 7.42. The molecule has 1 aliphatic rings. The van der Waals surface area contributed by atoms with Gasteiger partial charge in [-0.25, -0.2) is 0 Å². The second-order valence-electron chi connectivity index (χ2n) is 5.73. The highest BCUT2D eigenvalue weighted by molar-refractivity contribution is 7.12. The molecule has 0 radical (unpaired) electrons. The first-order chi connectivity index (χ1) is 9.70. The van der Waals surface area contributed by atoms with Crippen molar-refractivity contribution in [2.75, 3.05) is 6.54 Å². The van der Waals surface area contributed by atoms with Gasteiger partial charge in [-0.05, 0) is 35.6 Å². The monoisotopic (exact) mass is 306 g/mol. The van der Waals surface area contributed by atoms with E-state index in [4.69, 9.17) is 0 Å². The molecule has 0 spiro atoms. The molecule has 3 rings (SSSR count). The Morgan fingerprint density at radius 3 is 2.95 bits per heavy atom. The van der Waals surface area contributed by atoms with E-state index in [1.54, 1.807) is 10.4 Å². The van der Waals surface area contributed by atoms with E-state index in [-0.39, 0.29) is 0 Å². The highest BCUT2D eigenvalue weighted by atomic mass is 32.1. The molecule has 2 aromatic heterocycles. The summed E-state index contributed by atoms with van der Waals surface area (Å²) in [6.07, 6.45) is 1.22. The second-order valence-corrected chi connectivity index (χ2v) is 7.99. The van der Waals surface area contributed by atoms with Crippen molar-refractivity contribution in [2.24, 2.45) is 0 Å². The predicted molar refractivity (Wildman–Crippen MR) is 88.4 cm³/mol. The number of nitrogens with one attached hydrogen (secondary N) is 1. The standard InChI is InChI=1S/C16H22N2S2/c1-12(2)17-9-14-3-4-15(20-14)11-18-7-5-16-13(10-18)6-8-19-16/h3-4,6,8,12,17H,5,7,9-11H2,1-2H3. The lowest BCUT2D eigenvalue weighted by Crippen LogP contribution is -2.28. The van der Waals surface area contributed by atoms with Gasteiger partial charge in [-0.15, -0.1) is 22.7 Å². The summed E-state index contributed by atoms with van der Waals surface area (Å²) in [7, 11) is 0. The van der Waals surface area contributed by atoms with Crippen LogP contribution in [0.4, 0.5) is 0 Å². The van der Waals surface area contributed by atoms with E-state index in [2.05, 4.69) is 47.6 Å². The molecule has 3 heterocycles. The average Bonchev–Trinajstić information content (AvgIpc) is 3.04. The molecule has 0 saturated carbocycles. The van der Waals surface area contributed by atoms with Gasteiger partial charge >= 0.3 is 0 Å². The Balaban J connectivity index is 1.56. The lowest BCUT2D eigenvalue weighted by molar-refractivity contribution is 0.249. The van der Waals surface area contributed by atoms with Crippen LogP contribution < -0.4 is 5.32 Å². The Hall–Kier alpha value is -0.680. The van der Waals surface area contributed by atoms with E-state index in [9.17, 15) is 0 Å². The molecule has 2 nitrogen and oxygen atoms in total. The second kappa shape index (κ2) is 6.39. The molecule has 0 saturated heterocycles. The van der Waals surface area contributed by atoms with Crippen LogP contribution in [0.5, 0.6) is 0 Å². The molecule has 1 aliphatic heterocycles. The molecule has 108 valence electrons. The van der Waals surface area contributed by atoms with Crippen molar-refractivity contribution in [1.82, 2.24) is 10.2 Å². The summed E-state index contributed by atoms with van der Waals surface area (Å²) in [6.45, 7) is 8.81. The normalized spacial score (nSPS) is 15.8. The van der Waals surface area contributed by atoms with Crippen LogP contribution in [0.3, 0.4) is 0 Å². The SMILES string of the molecule is CC(C)NCc1ccc(CN2CCc3sccc3C2)s1. The number of hydrogen-bond acceptors (Lipinski definition) is 4. The minimum Gasteiger partial charge on any atom is -0.310 e. The first-order valence-electron chi connectivity index (χ1n) is 7.29. The third-order valence-corrected chi connectivity index (χ3v) is 5.76. The van der Waals surface area contributed by atoms with E-state index in [0.717, 1.165) is 19.6 Å². The molecular formula is C16H22N2S2. The molecule has 0 bridgehead atoms. The van der Waals surface area contributed by atoms with E-state index < -0.39 is 0 Å². The lowest BCUT2D eigenvalue weighted by atomic mass is 10.1. The molecule has 1 N–H and O–H groups in total. The number of rotatable bonds is 5. The van der Waals surface area contributed by atoms with E-state index in [1.165, 1.54) is 22.7 Å². The minimum atomic E-state index is 0.555. The van der Waals surface area contributed by atoms with E-state index in [0.29, 0.717) is 6.04 Å². The van der Waals surface area contributed by atoms with Crippen molar-refractivity contribution >= 4 is 22.7 Å². The highest BCUT2D eigenvalue weighted by Crippen LogP contribution is 2.26. The molecule has 0 atom stereocenters. The lowest BCUT2D eigenvalue weighted by Gasteiger charge is -2.26. The summed E-state index contributed by atoms with van der Waals surface area (Å²) in [5, 5.41) is 5.72. The maximum atomic E-state index is 3.49. The van der Waals surface area contributed by atoms with Crippen molar-refractivity contribution in [3.8, 4) is 0 Å². The Morgan fingerprint density at radius 1 is 1.25 bits per heavy atom. The van der Waals surface area contributed by atoms with Crippen LogP contribution >= 0.6 is 22.7 Å². The summed E-state index contributed by atoms with van der Waals surface area (Å²) in [5.74, 6) is 0. The van der Waals surface area contributed by atoms with Gasteiger partial charge in [-0.2, -0.15) is 0 Å². The van der Waals surface area contributed by atoms with Crippen LogP contribution in [-0.4, -0.2) is 17.5 Å². The molecule has 20 heavy (non-hydrogen) atoms. The molecule has 0 aliphatic carbocycles. The molecule has 4 heteroatoms. The minimum absolute atomic E-state index is 0.555. The van der Waals surface area contributed by atoms with E-state index >= 15 is 0 Å². The van der Waals surface area contributed by atoms with Gasteiger partial charge in [-0.1, -0.05) is 13.8 Å². The topological polar surface area (TPSA) is 15.3 Å². The smallest absolute Gasteiger partial charge is 0.0331 e. The maximum Gasteiger partial charge on any atom is 0.0331 e. The highest BCUT2D eigenvalue weighted by Gasteiger charge is 2.17. The van der Waals surface area contributed by atoms with Crippen molar-refractivity contribution in [3.63, 3.8) is 0 Å². The third-order valence-electron chi connectivity index (χ3n) is 3.67. The summed E-state index contributed by atoms with van der Waals surface area (Å²) < 4.78 is 0. The molecule has 0 fully saturated rings. The van der Waals surface area contributed by atoms with E-state index in [1.807, 2.05) is 22.7 Å². The number of hydrogen-bond donors (Lipinski definition) is 1. The zero-order chi connectivity index (χ0) is 13.9. The zero-order valence-corrected chi connectivity index (χ0v) is 13.8. The molecule has 0 amide bonds. The predicted octanol–water partition coefficient (Wildman–Crippen LogP) is 3.87. The van der Waals surface area contributed by atoms with Gasteiger partial charge in [0.05, 0.1) is 0 Å². The van der Waals surface area contributed by atoms with Crippen LogP contribution in [0.15, 0.2) is 23.6 Å². The summed E-state index contributed by atoms with van der Waals surface area (Å²) >= 11 is 3.87. The maximum absolute atomic E-state index is 3.49. The Kier molecular flexibility index (Phi) is 4.56. The molecule has 0 unspecified atom stereocenters. The van der Waals surface area contributed by atoms with Crippen LogP contribution in [-0.2, 0) is 26.1 Å². The van der Waals surface area contributed by atoms with Crippen LogP contribution in [0, 0.1) is 0 Å². The third kappa shape index (κ3) is 3.50. The largest absolute Gasteiger partial charge is 0.310 e. The van der Waals surface area contributed by atoms with Crippen molar-refractivity contribution < 1.29 is 0 Å². The van der Waals surface area contributed by atoms with Crippen LogP contribution in [0.1, 0.15) is 34.0 Å². The van der Waals surface area contributed by atoms with Gasteiger partial charge < -0.3 is 5.32 Å². The van der Waals surface area contributed by atoms with Gasteiger partial charge in [0.15, 0.2) is 0 Å². The number of thiophene rings is 2. The van der Waals surface area contributed by atoms with Crippen molar-refractivity contribution in [3.05, 3.63) is 43.8 Å². The number of nitrogens with zero attached hydrogens (tertiary/aromatic N) is 1. The fourth-order valence-corrected chi connectivity index (χ4v) is 4.47. The molecule has 2 aromatic rings. The Bertz CT molecular complexity index is 556. The Morgan fingerprint density at radius 2 is 2.10 bits per heavy atom. The summed E-state index contributed by atoms with van der Waals surface area (Å²) in [4.78, 5) is 7.10. The van der Waals surface area contributed by atoms with Crippen LogP contribution in [0.25, 0.3) is 0 Å². The van der Waals surface area contributed by atoms with Crippen molar-refractivity contribution in [2.45, 2.75) is 45.9 Å². The van der Waals surface area contributed by atoms with Gasteiger partial charge in [-0.3, -0.25) is 4.90 Å². The van der Waals surface area contributed by atoms with Gasteiger partial charge in [0, 0.05) is 46.9 Å². The first kappa shape index (κ1) is 14.3. The van der Waals surface area contributed by atoms with Gasteiger partial charge in [0.2, 0.25) is 0 Å². The van der Waals surface area contributed by atoms with Gasteiger partial charge in [0.25, 0.3) is 0 Å². The van der Waals surface area contributed by atoms with Crippen LogP contribution in [0.2, 0.25) is 0 Å². The summed E-state index contributed by atoms with van der Waals surface area (Å²) in [5.41, 5.74) is 1.54. The number of fused-ring (bicyclic) bond motifs is 1. The Labute approximate surface area is 129 Å². The average molecular weight is 306 g/mol. The fourth-order valence-electron chi connectivity index (χ4n) is 2.57. The molecule has 0 aromatic carbocycles.